The van der Waals surface area contributed by atoms with Crippen molar-refractivity contribution in [2.75, 3.05) is 0 Å². The molecule has 1 aromatic carbocycles. The molecular weight excluding hydrogens is 214 g/mol. The quantitative estimate of drug-likeness (QED) is 0.787. The van der Waals surface area contributed by atoms with E-state index in [1.54, 1.807) is 0 Å². The van der Waals surface area contributed by atoms with Crippen molar-refractivity contribution >= 4 is 5.78 Å². The first-order valence-electron chi connectivity index (χ1n) is 5.80. The minimum atomic E-state index is 0.0437. The molecule has 3 heteroatoms. The smallest absolute Gasteiger partial charge is 0.168 e. The summed E-state index contributed by atoms with van der Waals surface area (Å²) in [6.45, 7) is 0. The molecule has 0 saturated heterocycles. The summed E-state index contributed by atoms with van der Waals surface area (Å²) in [6, 6.07) is 9.59. The van der Waals surface area contributed by atoms with E-state index < -0.39 is 0 Å². The van der Waals surface area contributed by atoms with Crippen LogP contribution in [-0.2, 0) is 6.42 Å². The lowest BCUT2D eigenvalue weighted by atomic mass is 9.96. The third-order valence-corrected chi connectivity index (χ3v) is 3.22. The Kier molecular flexibility index (Phi) is 2.25. The number of carbonyl (C=O) groups excluding carboxylic acids is 1. The zero-order chi connectivity index (χ0) is 11.8. The molecule has 0 atom stereocenters. The third kappa shape index (κ3) is 1.55. The minimum absolute atomic E-state index is 0.0437. The summed E-state index contributed by atoms with van der Waals surface area (Å²) in [5.74, 6) is 0.151. The normalized spacial score (nSPS) is 14.7. The number of fused-ring (bicyclic) bond motifs is 1. The van der Waals surface area contributed by atoms with Gasteiger partial charge in [0.25, 0.3) is 0 Å². The summed E-state index contributed by atoms with van der Waals surface area (Å²) < 4.78 is 0. The van der Waals surface area contributed by atoms with Gasteiger partial charge in [-0.15, -0.1) is 0 Å². The number of aryl methyl sites for hydroxylation is 1. The predicted octanol–water partition coefficient (Wildman–Crippen LogP) is 2.91. The van der Waals surface area contributed by atoms with Gasteiger partial charge in [0.1, 0.15) is 0 Å². The highest BCUT2D eigenvalue weighted by Crippen LogP contribution is 2.37. The Morgan fingerprint density at radius 1 is 1.12 bits per heavy atom. The lowest BCUT2D eigenvalue weighted by Gasteiger charge is -2.08. The summed E-state index contributed by atoms with van der Waals surface area (Å²) in [7, 11) is 0. The van der Waals surface area contributed by atoms with E-state index in [2.05, 4.69) is 4.98 Å². The highest BCUT2D eigenvalue weighted by atomic mass is 16.3. The van der Waals surface area contributed by atoms with Crippen LogP contribution >= 0.6 is 0 Å². The van der Waals surface area contributed by atoms with Crippen LogP contribution in [-0.4, -0.2) is 15.9 Å². The van der Waals surface area contributed by atoms with Gasteiger partial charge in [0.2, 0.25) is 0 Å². The predicted molar refractivity (Wildman–Crippen MR) is 65.2 cm³/mol. The van der Waals surface area contributed by atoms with E-state index in [0.717, 1.165) is 24.1 Å². The summed E-state index contributed by atoms with van der Waals surface area (Å²) in [6.07, 6.45) is 2.23. The van der Waals surface area contributed by atoms with Crippen LogP contribution in [0.25, 0.3) is 11.3 Å². The van der Waals surface area contributed by atoms with E-state index in [9.17, 15) is 9.90 Å². The zero-order valence-corrected chi connectivity index (χ0v) is 9.36. The SMILES string of the molecule is O=C1CCCc2[nH]c(-c3ccccc3)c(O)c21. The van der Waals surface area contributed by atoms with Crippen molar-refractivity contribution in [2.45, 2.75) is 19.3 Å². The Morgan fingerprint density at radius 2 is 1.88 bits per heavy atom. The van der Waals surface area contributed by atoms with Gasteiger partial charge in [-0.05, 0) is 12.8 Å². The third-order valence-electron chi connectivity index (χ3n) is 3.22. The van der Waals surface area contributed by atoms with Crippen LogP contribution in [0, 0.1) is 0 Å². The molecule has 17 heavy (non-hydrogen) atoms. The van der Waals surface area contributed by atoms with E-state index in [0.29, 0.717) is 17.7 Å². The van der Waals surface area contributed by atoms with E-state index in [4.69, 9.17) is 0 Å². The number of nitrogens with one attached hydrogen (secondary N) is 1. The van der Waals surface area contributed by atoms with Gasteiger partial charge in [0.15, 0.2) is 11.5 Å². The monoisotopic (exact) mass is 227 g/mol. The lowest BCUT2D eigenvalue weighted by Crippen LogP contribution is -2.08. The summed E-state index contributed by atoms with van der Waals surface area (Å²) in [5, 5.41) is 10.1. The van der Waals surface area contributed by atoms with Crippen LogP contribution in [0.4, 0.5) is 0 Å². The number of benzene rings is 1. The Bertz CT molecular complexity index is 569. The molecule has 2 aromatic rings. The zero-order valence-electron chi connectivity index (χ0n) is 9.36. The Balaban J connectivity index is 2.17. The minimum Gasteiger partial charge on any atom is -0.505 e. The molecule has 0 fully saturated rings. The number of aromatic nitrogens is 1. The van der Waals surface area contributed by atoms with Gasteiger partial charge in [0.05, 0.1) is 11.3 Å². The van der Waals surface area contributed by atoms with Gasteiger partial charge < -0.3 is 10.1 Å². The van der Waals surface area contributed by atoms with E-state index in [-0.39, 0.29) is 11.5 Å². The maximum absolute atomic E-state index is 11.8. The van der Waals surface area contributed by atoms with Crippen LogP contribution in [0.1, 0.15) is 28.9 Å². The molecule has 0 unspecified atom stereocenters. The molecule has 1 aromatic heterocycles. The van der Waals surface area contributed by atoms with Gasteiger partial charge in [0, 0.05) is 17.7 Å². The Morgan fingerprint density at radius 3 is 2.59 bits per heavy atom. The number of carbonyl (C=O) groups is 1. The van der Waals surface area contributed by atoms with Crippen molar-refractivity contribution in [3.8, 4) is 17.0 Å². The number of rotatable bonds is 1. The largest absolute Gasteiger partial charge is 0.505 e. The molecule has 3 nitrogen and oxygen atoms in total. The standard InChI is InChI=1S/C14H13NO2/c16-11-8-4-7-10-12(11)14(17)13(15-10)9-5-2-1-3-6-9/h1-3,5-6,15,17H,4,7-8H2. The van der Waals surface area contributed by atoms with Crippen LogP contribution in [0.15, 0.2) is 30.3 Å². The number of hydrogen-bond acceptors (Lipinski definition) is 2. The fraction of sp³-hybridized carbons (Fsp3) is 0.214. The number of ketones is 1. The molecule has 3 rings (SSSR count). The van der Waals surface area contributed by atoms with Gasteiger partial charge in [-0.25, -0.2) is 0 Å². The van der Waals surface area contributed by atoms with Crippen molar-refractivity contribution in [2.24, 2.45) is 0 Å². The second kappa shape index (κ2) is 3.77. The molecule has 1 aliphatic carbocycles. The maximum atomic E-state index is 11.8. The number of aromatic hydroxyl groups is 1. The number of aromatic amines is 1. The summed E-state index contributed by atoms with van der Waals surface area (Å²) in [4.78, 5) is 14.9. The molecule has 0 spiro atoms. The fourth-order valence-corrected chi connectivity index (χ4v) is 2.39. The molecule has 0 saturated carbocycles. The van der Waals surface area contributed by atoms with Crippen molar-refractivity contribution in [1.29, 1.82) is 0 Å². The number of H-pyrrole nitrogens is 1. The summed E-state index contributed by atoms with van der Waals surface area (Å²) >= 11 is 0. The van der Waals surface area contributed by atoms with Crippen LogP contribution < -0.4 is 0 Å². The second-order valence-electron chi connectivity index (χ2n) is 4.34. The highest BCUT2D eigenvalue weighted by molar-refractivity contribution is 6.02. The summed E-state index contributed by atoms with van der Waals surface area (Å²) in [5.41, 5.74) is 2.94. The van der Waals surface area contributed by atoms with Crippen LogP contribution in [0.5, 0.6) is 5.75 Å². The van der Waals surface area contributed by atoms with E-state index in [1.807, 2.05) is 30.3 Å². The lowest BCUT2D eigenvalue weighted by molar-refractivity contribution is 0.0970. The Labute approximate surface area is 99.1 Å². The molecule has 1 heterocycles. The fourth-order valence-electron chi connectivity index (χ4n) is 2.39. The molecule has 1 aliphatic rings. The molecule has 0 radical (unpaired) electrons. The molecule has 0 bridgehead atoms. The average Bonchev–Trinajstić information content (AvgIpc) is 2.69. The second-order valence-corrected chi connectivity index (χ2v) is 4.34. The van der Waals surface area contributed by atoms with Crippen LogP contribution in [0.2, 0.25) is 0 Å². The first-order valence-corrected chi connectivity index (χ1v) is 5.80. The topological polar surface area (TPSA) is 53.1 Å². The van der Waals surface area contributed by atoms with E-state index >= 15 is 0 Å². The molecule has 0 aliphatic heterocycles. The van der Waals surface area contributed by atoms with Crippen molar-refractivity contribution in [3.63, 3.8) is 0 Å². The van der Waals surface area contributed by atoms with Gasteiger partial charge >= 0.3 is 0 Å². The van der Waals surface area contributed by atoms with Gasteiger partial charge in [-0.3, -0.25) is 4.79 Å². The first kappa shape index (κ1) is 10.1. The highest BCUT2D eigenvalue weighted by Gasteiger charge is 2.26. The van der Waals surface area contributed by atoms with Crippen molar-refractivity contribution in [3.05, 3.63) is 41.6 Å². The maximum Gasteiger partial charge on any atom is 0.168 e. The van der Waals surface area contributed by atoms with Crippen molar-refractivity contribution in [1.82, 2.24) is 4.98 Å². The van der Waals surface area contributed by atoms with Crippen molar-refractivity contribution < 1.29 is 9.90 Å². The Hall–Kier alpha value is -2.03. The average molecular weight is 227 g/mol. The van der Waals surface area contributed by atoms with Gasteiger partial charge in [-0.2, -0.15) is 0 Å². The van der Waals surface area contributed by atoms with E-state index in [1.165, 1.54) is 0 Å². The number of hydrogen-bond donors (Lipinski definition) is 2. The molecule has 0 amide bonds. The molecular formula is C14H13NO2. The molecule has 86 valence electrons. The first-order chi connectivity index (χ1) is 8.27. The number of Topliss-reactive ketones (excluding diaryl/α,β-unsaturated/α-hetero) is 1. The van der Waals surface area contributed by atoms with Crippen LogP contribution in [0.3, 0.4) is 0 Å². The molecule has 2 N–H and O–H groups in total. The van der Waals surface area contributed by atoms with Gasteiger partial charge in [-0.1, -0.05) is 30.3 Å².